The lowest BCUT2D eigenvalue weighted by Crippen LogP contribution is -2.38. The minimum Gasteiger partial charge on any atom is -0.309 e. The van der Waals surface area contributed by atoms with Gasteiger partial charge in [-0.25, -0.2) is 0 Å². The van der Waals surface area contributed by atoms with E-state index in [4.69, 9.17) is 0 Å². The van der Waals surface area contributed by atoms with E-state index in [0.717, 1.165) is 19.1 Å². The minimum atomic E-state index is 0.469. The molecule has 1 heterocycles. The predicted molar refractivity (Wildman–Crippen MR) is 91.8 cm³/mol. The standard InChI is InChI=1S/C19H32N2/c1-5-11-20-19(14-21-12-7-8-17(21)6-2)18-13-15(3)9-10-16(18)4/h9-10,13,17,19-20H,5-8,11-12,14H2,1-4H3. The molecule has 1 aromatic rings. The number of hydrogen-bond acceptors (Lipinski definition) is 2. The number of likely N-dealkylation sites (tertiary alicyclic amines) is 1. The van der Waals surface area contributed by atoms with Gasteiger partial charge in [0.05, 0.1) is 0 Å². The molecular weight excluding hydrogens is 256 g/mol. The molecule has 1 N–H and O–H groups in total. The zero-order chi connectivity index (χ0) is 15.2. The summed E-state index contributed by atoms with van der Waals surface area (Å²) in [6.07, 6.45) is 5.22. The molecule has 1 aliphatic heterocycles. The number of hydrogen-bond donors (Lipinski definition) is 1. The molecule has 0 aromatic heterocycles. The molecule has 0 aliphatic carbocycles. The first-order chi connectivity index (χ1) is 10.2. The van der Waals surface area contributed by atoms with Crippen LogP contribution in [-0.2, 0) is 0 Å². The van der Waals surface area contributed by atoms with E-state index in [0.29, 0.717) is 6.04 Å². The minimum absolute atomic E-state index is 0.469. The number of benzene rings is 1. The maximum Gasteiger partial charge on any atom is 0.0452 e. The van der Waals surface area contributed by atoms with E-state index in [1.54, 1.807) is 0 Å². The molecule has 0 amide bonds. The van der Waals surface area contributed by atoms with Gasteiger partial charge in [0.2, 0.25) is 0 Å². The second kappa shape index (κ2) is 7.95. The summed E-state index contributed by atoms with van der Waals surface area (Å²) in [6.45, 7) is 12.5. The van der Waals surface area contributed by atoms with Crippen molar-refractivity contribution in [2.45, 2.75) is 65.5 Å². The zero-order valence-corrected chi connectivity index (χ0v) is 14.3. The van der Waals surface area contributed by atoms with Gasteiger partial charge in [0.15, 0.2) is 0 Å². The van der Waals surface area contributed by atoms with Gasteiger partial charge >= 0.3 is 0 Å². The second-order valence-electron chi connectivity index (χ2n) is 6.57. The van der Waals surface area contributed by atoms with Crippen LogP contribution in [0.5, 0.6) is 0 Å². The van der Waals surface area contributed by atoms with Gasteiger partial charge in [-0.3, -0.25) is 4.90 Å². The van der Waals surface area contributed by atoms with Gasteiger partial charge in [-0.05, 0) is 63.7 Å². The van der Waals surface area contributed by atoms with Gasteiger partial charge in [0.1, 0.15) is 0 Å². The highest BCUT2D eigenvalue weighted by Crippen LogP contribution is 2.26. The maximum atomic E-state index is 3.78. The van der Waals surface area contributed by atoms with Crippen LogP contribution in [-0.4, -0.2) is 30.6 Å². The van der Waals surface area contributed by atoms with Gasteiger partial charge in [-0.2, -0.15) is 0 Å². The zero-order valence-electron chi connectivity index (χ0n) is 14.3. The molecule has 21 heavy (non-hydrogen) atoms. The number of nitrogens with one attached hydrogen (secondary N) is 1. The van der Waals surface area contributed by atoms with E-state index in [1.807, 2.05) is 0 Å². The Kier molecular flexibility index (Phi) is 6.25. The largest absolute Gasteiger partial charge is 0.309 e. The molecule has 2 heteroatoms. The Bertz CT molecular complexity index is 441. The molecule has 2 rings (SSSR count). The summed E-state index contributed by atoms with van der Waals surface area (Å²) >= 11 is 0. The van der Waals surface area contributed by atoms with Gasteiger partial charge in [-0.1, -0.05) is 37.6 Å². The predicted octanol–water partition coefficient (Wildman–Crippen LogP) is 4.22. The quantitative estimate of drug-likeness (QED) is 0.808. The van der Waals surface area contributed by atoms with Gasteiger partial charge in [-0.15, -0.1) is 0 Å². The van der Waals surface area contributed by atoms with Crippen LogP contribution >= 0.6 is 0 Å². The van der Waals surface area contributed by atoms with E-state index in [2.05, 4.69) is 56.1 Å². The van der Waals surface area contributed by atoms with Crippen molar-refractivity contribution in [2.75, 3.05) is 19.6 Å². The van der Waals surface area contributed by atoms with Gasteiger partial charge < -0.3 is 5.32 Å². The number of rotatable bonds is 7. The Morgan fingerprint density at radius 2 is 2.10 bits per heavy atom. The van der Waals surface area contributed by atoms with Crippen LogP contribution in [0.4, 0.5) is 0 Å². The van der Waals surface area contributed by atoms with Crippen molar-refractivity contribution in [3.8, 4) is 0 Å². The van der Waals surface area contributed by atoms with Crippen LogP contribution in [0.3, 0.4) is 0 Å². The van der Waals surface area contributed by atoms with E-state index >= 15 is 0 Å². The SMILES string of the molecule is CCCNC(CN1CCCC1CC)c1cc(C)ccc1C. The van der Waals surface area contributed by atoms with Crippen molar-refractivity contribution in [1.82, 2.24) is 10.2 Å². The van der Waals surface area contributed by atoms with Crippen molar-refractivity contribution in [3.63, 3.8) is 0 Å². The number of aryl methyl sites for hydroxylation is 2. The van der Waals surface area contributed by atoms with Crippen LogP contribution in [0.15, 0.2) is 18.2 Å². The molecule has 2 nitrogen and oxygen atoms in total. The first-order valence-electron chi connectivity index (χ1n) is 8.70. The highest BCUT2D eigenvalue weighted by atomic mass is 15.2. The Balaban J connectivity index is 2.15. The Hall–Kier alpha value is -0.860. The highest BCUT2D eigenvalue weighted by molar-refractivity contribution is 5.33. The fourth-order valence-electron chi connectivity index (χ4n) is 3.56. The van der Waals surface area contributed by atoms with Crippen LogP contribution in [0.2, 0.25) is 0 Å². The normalized spacial score (nSPS) is 20.9. The summed E-state index contributed by atoms with van der Waals surface area (Å²) in [6, 6.07) is 8.13. The molecule has 0 bridgehead atoms. The van der Waals surface area contributed by atoms with Crippen LogP contribution in [0.25, 0.3) is 0 Å². The molecule has 118 valence electrons. The van der Waals surface area contributed by atoms with Crippen molar-refractivity contribution in [2.24, 2.45) is 0 Å². The molecule has 1 saturated heterocycles. The molecule has 2 unspecified atom stereocenters. The van der Waals surface area contributed by atoms with Gasteiger partial charge in [0.25, 0.3) is 0 Å². The monoisotopic (exact) mass is 288 g/mol. The number of nitrogens with zero attached hydrogens (tertiary/aromatic N) is 1. The molecule has 2 atom stereocenters. The fourth-order valence-corrected chi connectivity index (χ4v) is 3.56. The third-order valence-electron chi connectivity index (χ3n) is 4.84. The lowest BCUT2D eigenvalue weighted by molar-refractivity contribution is 0.220. The lowest BCUT2D eigenvalue weighted by atomic mass is 9.98. The Morgan fingerprint density at radius 3 is 2.81 bits per heavy atom. The molecule has 0 saturated carbocycles. The van der Waals surface area contributed by atoms with E-state index in [-0.39, 0.29) is 0 Å². The lowest BCUT2D eigenvalue weighted by Gasteiger charge is -2.30. The maximum absolute atomic E-state index is 3.78. The van der Waals surface area contributed by atoms with Crippen molar-refractivity contribution in [3.05, 3.63) is 34.9 Å². The van der Waals surface area contributed by atoms with Crippen LogP contribution in [0.1, 0.15) is 62.3 Å². The third kappa shape index (κ3) is 4.31. The van der Waals surface area contributed by atoms with Crippen LogP contribution < -0.4 is 5.32 Å². The summed E-state index contributed by atoms with van der Waals surface area (Å²) in [4.78, 5) is 2.70. The smallest absolute Gasteiger partial charge is 0.0452 e. The van der Waals surface area contributed by atoms with E-state index in [1.165, 1.54) is 48.9 Å². The molecular formula is C19H32N2. The summed E-state index contributed by atoms with van der Waals surface area (Å²) in [5, 5.41) is 3.78. The Morgan fingerprint density at radius 1 is 1.29 bits per heavy atom. The highest BCUT2D eigenvalue weighted by Gasteiger charge is 2.26. The van der Waals surface area contributed by atoms with Crippen LogP contribution in [0, 0.1) is 13.8 Å². The van der Waals surface area contributed by atoms with Crippen molar-refractivity contribution >= 4 is 0 Å². The second-order valence-corrected chi connectivity index (χ2v) is 6.57. The van der Waals surface area contributed by atoms with Crippen molar-refractivity contribution in [1.29, 1.82) is 0 Å². The topological polar surface area (TPSA) is 15.3 Å². The van der Waals surface area contributed by atoms with E-state index < -0.39 is 0 Å². The summed E-state index contributed by atoms with van der Waals surface area (Å²) in [7, 11) is 0. The van der Waals surface area contributed by atoms with Crippen molar-refractivity contribution < 1.29 is 0 Å². The molecule has 1 fully saturated rings. The Labute approximate surface area is 130 Å². The molecule has 1 aromatic carbocycles. The molecule has 0 radical (unpaired) electrons. The average Bonchev–Trinajstić information content (AvgIpc) is 2.93. The first kappa shape index (κ1) is 16.5. The summed E-state index contributed by atoms with van der Waals surface area (Å²) in [5.41, 5.74) is 4.28. The third-order valence-corrected chi connectivity index (χ3v) is 4.84. The molecule has 1 aliphatic rings. The van der Waals surface area contributed by atoms with Gasteiger partial charge in [0, 0.05) is 18.6 Å². The molecule has 0 spiro atoms. The fraction of sp³-hybridized carbons (Fsp3) is 0.684. The average molecular weight is 288 g/mol. The summed E-state index contributed by atoms with van der Waals surface area (Å²) < 4.78 is 0. The first-order valence-corrected chi connectivity index (χ1v) is 8.70. The summed E-state index contributed by atoms with van der Waals surface area (Å²) in [5.74, 6) is 0. The van der Waals surface area contributed by atoms with E-state index in [9.17, 15) is 0 Å².